The van der Waals surface area contributed by atoms with Crippen molar-refractivity contribution >= 4 is 18.0 Å². The summed E-state index contributed by atoms with van der Waals surface area (Å²) in [6.45, 7) is 7.79. The molecule has 8 nitrogen and oxygen atoms in total. The second-order valence-electron chi connectivity index (χ2n) is 4.52. The van der Waals surface area contributed by atoms with Crippen molar-refractivity contribution in [2.75, 3.05) is 39.6 Å². The lowest BCUT2D eigenvalue weighted by Gasteiger charge is -2.10. The van der Waals surface area contributed by atoms with E-state index in [4.69, 9.17) is 18.9 Å². The molecule has 0 rings (SSSR count). The summed E-state index contributed by atoms with van der Waals surface area (Å²) >= 11 is 0. The first-order valence-corrected chi connectivity index (χ1v) is 7.45. The van der Waals surface area contributed by atoms with Crippen molar-refractivity contribution < 1.29 is 33.3 Å². The van der Waals surface area contributed by atoms with Crippen LogP contribution in [-0.4, -0.2) is 57.6 Å². The first kappa shape index (κ1) is 20.9. The van der Waals surface area contributed by atoms with E-state index < -0.39 is 12.1 Å². The molecule has 8 heteroatoms. The predicted molar refractivity (Wildman–Crippen MR) is 81.7 cm³/mol. The van der Waals surface area contributed by atoms with Gasteiger partial charge in [-0.25, -0.2) is 9.59 Å². The standard InChI is InChI=1S/C15H25NO7/c1-4-12(3)14(18)22-10-11-23-15(19)16-6-7-20-8-9-21-13(17)5-2/h5,12H,2,4,6-11H2,1,3H3,(H,16,19). The van der Waals surface area contributed by atoms with Gasteiger partial charge in [0.15, 0.2) is 0 Å². The van der Waals surface area contributed by atoms with E-state index in [0.717, 1.165) is 6.08 Å². The maximum atomic E-state index is 11.3. The molecule has 0 aliphatic rings. The smallest absolute Gasteiger partial charge is 0.407 e. The largest absolute Gasteiger partial charge is 0.462 e. The highest BCUT2D eigenvalue weighted by molar-refractivity contribution is 5.81. The highest BCUT2D eigenvalue weighted by Crippen LogP contribution is 2.02. The zero-order chi connectivity index (χ0) is 17.5. The molecule has 0 fully saturated rings. The zero-order valence-corrected chi connectivity index (χ0v) is 13.7. The Morgan fingerprint density at radius 2 is 1.70 bits per heavy atom. The van der Waals surface area contributed by atoms with Gasteiger partial charge in [-0.05, 0) is 6.42 Å². The fourth-order valence-corrected chi connectivity index (χ4v) is 1.22. The molecule has 0 aliphatic heterocycles. The third kappa shape index (κ3) is 12.2. The van der Waals surface area contributed by atoms with Gasteiger partial charge in [0.2, 0.25) is 0 Å². The number of hydrogen-bond acceptors (Lipinski definition) is 7. The molecule has 23 heavy (non-hydrogen) atoms. The Morgan fingerprint density at radius 1 is 1.04 bits per heavy atom. The predicted octanol–water partition coefficient (Wildman–Crippen LogP) is 1.05. The first-order chi connectivity index (χ1) is 11.0. The highest BCUT2D eigenvalue weighted by atomic mass is 16.6. The molecule has 1 amide bonds. The van der Waals surface area contributed by atoms with Crippen LogP contribution in [0.4, 0.5) is 4.79 Å². The lowest BCUT2D eigenvalue weighted by molar-refractivity contribution is -0.149. The van der Waals surface area contributed by atoms with Crippen LogP contribution >= 0.6 is 0 Å². The number of esters is 2. The minimum absolute atomic E-state index is 0.00757. The summed E-state index contributed by atoms with van der Waals surface area (Å²) in [7, 11) is 0. The molecule has 0 radical (unpaired) electrons. The summed E-state index contributed by atoms with van der Waals surface area (Å²) in [6, 6.07) is 0. The van der Waals surface area contributed by atoms with Crippen LogP contribution in [0, 0.1) is 5.92 Å². The van der Waals surface area contributed by atoms with Crippen molar-refractivity contribution in [3.8, 4) is 0 Å². The van der Waals surface area contributed by atoms with E-state index in [-0.39, 0.29) is 51.5 Å². The minimum atomic E-state index is -0.619. The maximum absolute atomic E-state index is 11.3. The molecule has 1 atom stereocenters. The SMILES string of the molecule is C=CC(=O)OCCOCCNC(=O)OCCOC(=O)C(C)CC. The van der Waals surface area contributed by atoms with Crippen molar-refractivity contribution in [1.82, 2.24) is 5.32 Å². The van der Waals surface area contributed by atoms with E-state index in [0.29, 0.717) is 6.42 Å². The van der Waals surface area contributed by atoms with Crippen molar-refractivity contribution in [2.24, 2.45) is 5.92 Å². The Hall–Kier alpha value is -2.09. The lowest BCUT2D eigenvalue weighted by atomic mass is 10.1. The number of nitrogens with one attached hydrogen (secondary N) is 1. The second-order valence-corrected chi connectivity index (χ2v) is 4.52. The average Bonchev–Trinajstić information content (AvgIpc) is 2.56. The number of carbonyl (C=O) groups excluding carboxylic acids is 3. The second kappa shape index (κ2) is 13.6. The van der Waals surface area contributed by atoms with E-state index >= 15 is 0 Å². The fourth-order valence-electron chi connectivity index (χ4n) is 1.22. The van der Waals surface area contributed by atoms with Gasteiger partial charge in [0.25, 0.3) is 0 Å². The van der Waals surface area contributed by atoms with Crippen LogP contribution in [0.5, 0.6) is 0 Å². The molecule has 0 saturated heterocycles. The van der Waals surface area contributed by atoms with Crippen LogP contribution in [0.2, 0.25) is 0 Å². The number of rotatable bonds is 12. The van der Waals surface area contributed by atoms with Gasteiger partial charge in [0, 0.05) is 12.6 Å². The monoisotopic (exact) mass is 331 g/mol. The minimum Gasteiger partial charge on any atom is -0.462 e. The number of alkyl carbamates (subject to hydrolysis) is 1. The number of amides is 1. The summed E-state index contributed by atoms with van der Waals surface area (Å²) in [5.74, 6) is -0.974. The van der Waals surface area contributed by atoms with Gasteiger partial charge >= 0.3 is 18.0 Å². The van der Waals surface area contributed by atoms with Gasteiger partial charge in [0.1, 0.15) is 19.8 Å². The van der Waals surface area contributed by atoms with Crippen molar-refractivity contribution in [3.63, 3.8) is 0 Å². The first-order valence-electron chi connectivity index (χ1n) is 7.45. The van der Waals surface area contributed by atoms with E-state index in [2.05, 4.69) is 11.9 Å². The number of ether oxygens (including phenoxy) is 4. The molecule has 0 heterocycles. The van der Waals surface area contributed by atoms with Crippen LogP contribution in [0.1, 0.15) is 20.3 Å². The van der Waals surface area contributed by atoms with Gasteiger partial charge in [0.05, 0.1) is 19.1 Å². The van der Waals surface area contributed by atoms with Crippen molar-refractivity contribution in [3.05, 3.63) is 12.7 Å². The normalized spacial score (nSPS) is 11.2. The summed E-state index contributed by atoms with van der Waals surface area (Å²) in [5.41, 5.74) is 0. The van der Waals surface area contributed by atoms with E-state index in [9.17, 15) is 14.4 Å². The molecule has 0 aromatic rings. The number of hydrogen-bond donors (Lipinski definition) is 1. The topological polar surface area (TPSA) is 100 Å². The quantitative estimate of drug-likeness (QED) is 0.247. The fraction of sp³-hybridized carbons (Fsp3) is 0.667. The van der Waals surface area contributed by atoms with Crippen LogP contribution in [0.3, 0.4) is 0 Å². The maximum Gasteiger partial charge on any atom is 0.407 e. The molecule has 0 aromatic carbocycles. The van der Waals surface area contributed by atoms with Gasteiger partial charge in [-0.1, -0.05) is 20.4 Å². The Morgan fingerprint density at radius 3 is 2.35 bits per heavy atom. The lowest BCUT2D eigenvalue weighted by Crippen LogP contribution is -2.29. The summed E-state index contributed by atoms with van der Waals surface area (Å²) in [5, 5.41) is 2.47. The van der Waals surface area contributed by atoms with E-state index in [1.54, 1.807) is 6.92 Å². The number of carbonyl (C=O) groups is 3. The van der Waals surface area contributed by atoms with Crippen LogP contribution in [0.15, 0.2) is 12.7 Å². The van der Waals surface area contributed by atoms with Gasteiger partial charge in [-0.3, -0.25) is 4.79 Å². The Balaban J connectivity index is 3.42. The molecule has 0 bridgehead atoms. The Kier molecular flexibility index (Phi) is 12.3. The average molecular weight is 331 g/mol. The van der Waals surface area contributed by atoms with Gasteiger partial charge in [-0.15, -0.1) is 0 Å². The van der Waals surface area contributed by atoms with Crippen LogP contribution < -0.4 is 5.32 Å². The molecule has 0 saturated carbocycles. The summed E-state index contributed by atoms with van der Waals surface area (Å²) in [4.78, 5) is 33.3. The third-order valence-electron chi connectivity index (χ3n) is 2.73. The van der Waals surface area contributed by atoms with Gasteiger partial charge < -0.3 is 24.3 Å². The van der Waals surface area contributed by atoms with Gasteiger partial charge in [-0.2, -0.15) is 0 Å². The molecule has 132 valence electrons. The molecular weight excluding hydrogens is 306 g/mol. The Bertz CT molecular complexity index is 384. The molecule has 0 aliphatic carbocycles. The third-order valence-corrected chi connectivity index (χ3v) is 2.73. The Labute approximate surface area is 136 Å². The molecular formula is C15H25NO7. The van der Waals surface area contributed by atoms with Crippen molar-refractivity contribution in [1.29, 1.82) is 0 Å². The summed E-state index contributed by atoms with van der Waals surface area (Å²) < 4.78 is 19.6. The molecule has 0 spiro atoms. The molecule has 0 aromatic heterocycles. The highest BCUT2D eigenvalue weighted by Gasteiger charge is 2.11. The molecule has 1 N–H and O–H groups in total. The van der Waals surface area contributed by atoms with E-state index in [1.807, 2.05) is 6.92 Å². The van der Waals surface area contributed by atoms with E-state index in [1.165, 1.54) is 0 Å². The van der Waals surface area contributed by atoms with Crippen molar-refractivity contribution in [2.45, 2.75) is 20.3 Å². The zero-order valence-electron chi connectivity index (χ0n) is 13.7. The molecule has 1 unspecified atom stereocenters. The van der Waals surface area contributed by atoms with Crippen LogP contribution in [-0.2, 0) is 28.5 Å². The van der Waals surface area contributed by atoms with Crippen LogP contribution in [0.25, 0.3) is 0 Å². The summed E-state index contributed by atoms with van der Waals surface area (Å²) in [6.07, 6.45) is 1.15.